The van der Waals surface area contributed by atoms with Gasteiger partial charge < -0.3 is 24.5 Å². The van der Waals surface area contributed by atoms with Crippen LogP contribution < -0.4 is 4.74 Å². The number of nitrogens with one attached hydrogen (secondary N) is 2. The Morgan fingerprint density at radius 3 is 2.73 bits per heavy atom. The average molecular weight is 519 g/mol. The number of rotatable bonds is 6. The van der Waals surface area contributed by atoms with E-state index in [2.05, 4.69) is 32.0 Å². The lowest BCUT2D eigenvalue weighted by atomic mass is 9.89. The van der Waals surface area contributed by atoms with Crippen molar-refractivity contribution in [1.82, 2.24) is 19.8 Å². The lowest BCUT2D eigenvalue weighted by molar-refractivity contribution is 0.0573. The first-order chi connectivity index (χ1) is 18.1. The molecule has 1 atom stereocenters. The molecular weight excluding hydrogens is 484 g/mol. The molecule has 6 rings (SSSR count). The molecule has 2 saturated heterocycles. The number of aromatic amines is 2. The molecule has 194 valence electrons. The Kier molecular flexibility index (Phi) is 6.87. The maximum Gasteiger partial charge on any atom is 0.270 e. The SMILES string of the molecule is COc1ccc2cc(C(=O)N3CCCC[C@H]3CCN3CCC(c4c[nH]c5cc(Cl)ccc45)CC3)[nH]c2c1. The molecule has 2 fully saturated rings. The highest BCUT2D eigenvalue weighted by Crippen LogP contribution is 2.34. The van der Waals surface area contributed by atoms with Crippen LogP contribution in [0, 0.1) is 0 Å². The summed E-state index contributed by atoms with van der Waals surface area (Å²) < 4.78 is 5.34. The van der Waals surface area contributed by atoms with Crippen LogP contribution in [-0.4, -0.2) is 65.0 Å². The smallest absolute Gasteiger partial charge is 0.270 e. The van der Waals surface area contributed by atoms with E-state index in [1.165, 1.54) is 30.2 Å². The van der Waals surface area contributed by atoms with Gasteiger partial charge in [0, 0.05) is 58.2 Å². The van der Waals surface area contributed by atoms with E-state index in [0.717, 1.165) is 72.6 Å². The summed E-state index contributed by atoms with van der Waals surface area (Å²) in [4.78, 5) is 25.0. The van der Waals surface area contributed by atoms with Gasteiger partial charge in [-0.2, -0.15) is 0 Å². The predicted octanol–water partition coefficient (Wildman–Crippen LogP) is 6.58. The third-order valence-electron chi connectivity index (χ3n) is 8.43. The van der Waals surface area contributed by atoms with Crippen LogP contribution in [-0.2, 0) is 0 Å². The van der Waals surface area contributed by atoms with Crippen molar-refractivity contribution < 1.29 is 9.53 Å². The molecule has 2 N–H and O–H groups in total. The molecule has 2 aromatic carbocycles. The molecule has 1 amide bonds. The molecule has 2 aliphatic rings. The van der Waals surface area contributed by atoms with Gasteiger partial charge in [-0.15, -0.1) is 0 Å². The molecule has 0 radical (unpaired) electrons. The van der Waals surface area contributed by atoms with E-state index < -0.39 is 0 Å². The van der Waals surface area contributed by atoms with Crippen LogP contribution >= 0.6 is 11.6 Å². The van der Waals surface area contributed by atoms with Crippen molar-refractivity contribution in [2.75, 3.05) is 33.3 Å². The Balaban J connectivity index is 1.07. The fourth-order valence-electron chi connectivity index (χ4n) is 6.33. The highest BCUT2D eigenvalue weighted by molar-refractivity contribution is 6.31. The minimum Gasteiger partial charge on any atom is -0.497 e. The first-order valence-corrected chi connectivity index (χ1v) is 13.9. The van der Waals surface area contributed by atoms with Crippen LogP contribution in [0.4, 0.5) is 0 Å². The van der Waals surface area contributed by atoms with Gasteiger partial charge in [-0.1, -0.05) is 17.7 Å². The fourth-order valence-corrected chi connectivity index (χ4v) is 6.50. The van der Waals surface area contributed by atoms with E-state index in [0.29, 0.717) is 17.7 Å². The monoisotopic (exact) mass is 518 g/mol. The van der Waals surface area contributed by atoms with E-state index in [9.17, 15) is 4.79 Å². The topological polar surface area (TPSA) is 64.4 Å². The molecule has 0 aliphatic carbocycles. The number of aromatic nitrogens is 2. The summed E-state index contributed by atoms with van der Waals surface area (Å²) in [6, 6.07) is 14.3. The quantitative estimate of drug-likeness (QED) is 0.303. The van der Waals surface area contributed by atoms with Crippen molar-refractivity contribution in [3.8, 4) is 5.75 Å². The third kappa shape index (κ3) is 4.97. The maximum atomic E-state index is 13.5. The summed E-state index contributed by atoms with van der Waals surface area (Å²) in [6.07, 6.45) is 8.92. The van der Waals surface area contributed by atoms with Crippen LogP contribution in [0.2, 0.25) is 5.02 Å². The number of benzene rings is 2. The van der Waals surface area contributed by atoms with Crippen molar-refractivity contribution in [3.63, 3.8) is 0 Å². The zero-order valence-corrected chi connectivity index (χ0v) is 22.2. The lowest BCUT2D eigenvalue weighted by Crippen LogP contribution is -2.46. The zero-order chi connectivity index (χ0) is 25.4. The number of carbonyl (C=O) groups is 1. The van der Waals surface area contributed by atoms with Gasteiger partial charge >= 0.3 is 0 Å². The summed E-state index contributed by atoms with van der Waals surface area (Å²) in [5, 5.41) is 3.12. The van der Waals surface area contributed by atoms with Gasteiger partial charge in [0.15, 0.2) is 0 Å². The van der Waals surface area contributed by atoms with Gasteiger partial charge in [0.25, 0.3) is 5.91 Å². The number of nitrogens with zero attached hydrogens (tertiary/aromatic N) is 2. The number of carbonyl (C=O) groups excluding carboxylic acids is 1. The molecule has 7 heteroatoms. The number of piperidine rings is 2. The van der Waals surface area contributed by atoms with Gasteiger partial charge in [0.1, 0.15) is 11.4 Å². The summed E-state index contributed by atoms with van der Waals surface area (Å²) in [5.41, 5.74) is 4.17. The summed E-state index contributed by atoms with van der Waals surface area (Å²) in [7, 11) is 1.66. The maximum absolute atomic E-state index is 13.5. The van der Waals surface area contributed by atoms with Crippen molar-refractivity contribution in [2.45, 2.75) is 50.5 Å². The van der Waals surface area contributed by atoms with Crippen LogP contribution in [0.3, 0.4) is 0 Å². The van der Waals surface area contributed by atoms with Crippen LogP contribution in [0.25, 0.3) is 21.8 Å². The molecule has 4 aromatic rings. The summed E-state index contributed by atoms with van der Waals surface area (Å²) in [6.45, 7) is 4.11. The number of likely N-dealkylation sites (tertiary alicyclic amines) is 2. The largest absolute Gasteiger partial charge is 0.497 e. The molecule has 6 nitrogen and oxygen atoms in total. The summed E-state index contributed by atoms with van der Waals surface area (Å²) >= 11 is 6.17. The van der Waals surface area contributed by atoms with Crippen molar-refractivity contribution in [3.05, 3.63) is 64.9 Å². The molecule has 0 spiro atoms. The van der Waals surface area contributed by atoms with E-state index in [-0.39, 0.29) is 5.91 Å². The molecule has 2 aliphatic heterocycles. The van der Waals surface area contributed by atoms with Crippen LogP contribution in [0.15, 0.2) is 48.7 Å². The number of methoxy groups -OCH3 is 1. The number of fused-ring (bicyclic) bond motifs is 2. The standard InChI is InChI=1S/C30H35ClN4O2/c1-37-24-7-5-21-16-29(33-27(21)18-24)30(36)35-12-3-2-4-23(35)11-15-34-13-9-20(10-14-34)26-19-32-28-17-22(31)6-8-25(26)28/h5-8,16-20,23,32-33H,2-4,9-15H2,1H3/t23-/m0/s1. The van der Waals surface area contributed by atoms with Gasteiger partial charge in [-0.3, -0.25) is 4.79 Å². The minimum atomic E-state index is 0.123. The fraction of sp³-hybridized carbons (Fsp3) is 0.433. The molecule has 2 aromatic heterocycles. The van der Waals surface area contributed by atoms with Crippen molar-refractivity contribution >= 4 is 39.3 Å². The third-order valence-corrected chi connectivity index (χ3v) is 8.66. The van der Waals surface area contributed by atoms with Gasteiger partial charge in [-0.25, -0.2) is 0 Å². The normalized spacial score (nSPS) is 19.6. The number of hydrogen-bond acceptors (Lipinski definition) is 3. The number of amides is 1. The van der Waals surface area contributed by atoms with E-state index in [1.807, 2.05) is 36.4 Å². The number of hydrogen-bond donors (Lipinski definition) is 2. The highest BCUT2D eigenvalue weighted by Gasteiger charge is 2.30. The average Bonchev–Trinajstić information content (AvgIpc) is 3.55. The Bertz CT molecular complexity index is 1400. The second-order valence-electron chi connectivity index (χ2n) is 10.6. The van der Waals surface area contributed by atoms with E-state index >= 15 is 0 Å². The minimum absolute atomic E-state index is 0.123. The first-order valence-electron chi connectivity index (χ1n) is 13.6. The predicted molar refractivity (Wildman–Crippen MR) is 150 cm³/mol. The highest BCUT2D eigenvalue weighted by atomic mass is 35.5. The number of ether oxygens (including phenoxy) is 1. The summed E-state index contributed by atoms with van der Waals surface area (Å²) in [5.74, 6) is 1.50. The Labute approximate surface area is 222 Å². The molecule has 37 heavy (non-hydrogen) atoms. The first kappa shape index (κ1) is 24.4. The van der Waals surface area contributed by atoms with Gasteiger partial charge in [-0.05, 0) is 93.4 Å². The van der Waals surface area contributed by atoms with Crippen LogP contribution in [0.5, 0.6) is 5.75 Å². The molecule has 0 bridgehead atoms. The Morgan fingerprint density at radius 2 is 1.89 bits per heavy atom. The van der Waals surface area contributed by atoms with Gasteiger partial charge in [0.05, 0.1) is 7.11 Å². The molecule has 0 saturated carbocycles. The Hall–Kier alpha value is -2.96. The molecule has 4 heterocycles. The molecule has 0 unspecified atom stereocenters. The van der Waals surface area contributed by atoms with E-state index in [1.54, 1.807) is 7.11 Å². The Morgan fingerprint density at radius 1 is 1.03 bits per heavy atom. The van der Waals surface area contributed by atoms with Crippen molar-refractivity contribution in [1.29, 1.82) is 0 Å². The number of halogens is 1. The van der Waals surface area contributed by atoms with Crippen LogP contribution in [0.1, 0.15) is 60.5 Å². The van der Waals surface area contributed by atoms with Crippen molar-refractivity contribution in [2.24, 2.45) is 0 Å². The van der Waals surface area contributed by atoms with E-state index in [4.69, 9.17) is 16.3 Å². The van der Waals surface area contributed by atoms with Gasteiger partial charge in [0.2, 0.25) is 0 Å². The zero-order valence-electron chi connectivity index (χ0n) is 21.4. The number of H-pyrrole nitrogens is 2. The molecular formula is C30H35ClN4O2. The lowest BCUT2D eigenvalue weighted by Gasteiger charge is -2.38. The second kappa shape index (κ2) is 10.4. The second-order valence-corrected chi connectivity index (χ2v) is 11.1.